The van der Waals surface area contributed by atoms with Gasteiger partial charge in [0.1, 0.15) is 0 Å². The highest BCUT2D eigenvalue weighted by atomic mass is 32.2. The highest BCUT2D eigenvalue weighted by Gasteiger charge is 2.26. The van der Waals surface area contributed by atoms with Crippen LogP contribution >= 0.6 is 0 Å². The smallest absolute Gasteiger partial charge is 0.283 e. The van der Waals surface area contributed by atoms with E-state index in [0.717, 1.165) is 37.2 Å². The van der Waals surface area contributed by atoms with Gasteiger partial charge in [0.2, 0.25) is 0 Å². The molecule has 9 heteroatoms. The van der Waals surface area contributed by atoms with Gasteiger partial charge in [-0.05, 0) is 30.5 Å². The van der Waals surface area contributed by atoms with Crippen molar-refractivity contribution < 1.29 is 14.6 Å². The van der Waals surface area contributed by atoms with Crippen LogP contribution in [0.2, 0.25) is 0 Å². The third-order valence-corrected chi connectivity index (χ3v) is 5.58. The average Bonchev–Trinajstić information content (AvgIpc) is 3.13. The lowest BCUT2D eigenvalue weighted by Gasteiger charge is -2.34. The Labute approximate surface area is 161 Å². The van der Waals surface area contributed by atoms with Gasteiger partial charge in [-0.15, -0.1) is 4.72 Å². The van der Waals surface area contributed by atoms with Crippen molar-refractivity contribution in [1.29, 1.82) is 0 Å². The zero-order valence-corrected chi connectivity index (χ0v) is 15.9. The lowest BCUT2D eigenvalue weighted by molar-refractivity contribution is -0.124. The molecule has 3 rings (SSSR count). The summed E-state index contributed by atoms with van der Waals surface area (Å²) >= 11 is -1.31. The van der Waals surface area contributed by atoms with E-state index in [2.05, 4.69) is 14.6 Å². The molecule has 1 saturated heterocycles. The molecule has 2 heterocycles. The molecule has 0 spiro atoms. The third kappa shape index (κ3) is 5.10. The fraction of sp³-hybridized carbons (Fsp3) is 0.333. The van der Waals surface area contributed by atoms with Gasteiger partial charge in [0.05, 0.1) is 29.9 Å². The van der Waals surface area contributed by atoms with Crippen LogP contribution in [0, 0.1) is 0 Å². The molecule has 1 aliphatic rings. The first-order valence-electron chi connectivity index (χ1n) is 8.69. The third-order valence-electron chi connectivity index (χ3n) is 4.44. The van der Waals surface area contributed by atoms with Crippen LogP contribution in [-0.2, 0) is 23.2 Å². The van der Waals surface area contributed by atoms with E-state index < -0.39 is 17.3 Å². The second kappa shape index (κ2) is 9.05. The molecule has 1 fully saturated rings. The van der Waals surface area contributed by atoms with E-state index in [0.29, 0.717) is 5.03 Å². The van der Waals surface area contributed by atoms with E-state index in [9.17, 15) is 9.35 Å². The first-order valence-corrected chi connectivity index (χ1v) is 9.84. The lowest BCUT2D eigenvalue weighted by Crippen LogP contribution is -2.44. The van der Waals surface area contributed by atoms with Crippen LogP contribution < -0.4 is 15.1 Å². The standard InChI is InChI=1S/C18H23N5O3S/c1-22-12-18(19-13-22)27(26)21-15-8-10-23(11-9-15)16-5-3-2-4-14(16)6-7-17(24)20-25/h2-7,12-13,15,21,25H,8-11H2,1H3,(H,20,24)/b7-6+. The molecule has 0 saturated carbocycles. The average molecular weight is 389 g/mol. The number of imidazole rings is 1. The zero-order valence-electron chi connectivity index (χ0n) is 15.0. The van der Waals surface area contributed by atoms with Crippen molar-refractivity contribution in [2.75, 3.05) is 18.0 Å². The van der Waals surface area contributed by atoms with E-state index in [-0.39, 0.29) is 6.04 Å². The molecule has 144 valence electrons. The largest absolute Gasteiger partial charge is 0.592 e. The summed E-state index contributed by atoms with van der Waals surface area (Å²) in [6.45, 7) is 1.63. The van der Waals surface area contributed by atoms with Crippen LogP contribution in [0.3, 0.4) is 0 Å². The van der Waals surface area contributed by atoms with Crippen molar-refractivity contribution in [3.05, 3.63) is 48.4 Å². The Hall–Kier alpha value is -2.33. The number of para-hydroxylation sites is 1. The minimum absolute atomic E-state index is 0.159. The number of aromatic nitrogens is 2. The first kappa shape index (κ1) is 19.4. The normalized spacial score (nSPS) is 16.6. The van der Waals surface area contributed by atoms with E-state index in [1.807, 2.05) is 31.3 Å². The van der Waals surface area contributed by atoms with Crippen molar-refractivity contribution in [2.24, 2.45) is 7.05 Å². The number of amides is 1. The predicted octanol–water partition coefficient (Wildman–Crippen LogP) is 1.22. The summed E-state index contributed by atoms with van der Waals surface area (Å²) in [5.41, 5.74) is 3.53. The van der Waals surface area contributed by atoms with Gasteiger partial charge in [-0.25, -0.2) is 5.48 Å². The number of carbonyl (C=O) groups is 1. The van der Waals surface area contributed by atoms with Gasteiger partial charge in [-0.3, -0.25) is 10.0 Å². The molecular weight excluding hydrogens is 366 g/mol. The number of carbonyl (C=O) groups excluding carboxylic acids is 1. The second-order valence-corrected chi connectivity index (χ2v) is 7.58. The number of benzene rings is 1. The highest BCUT2D eigenvalue weighted by Crippen LogP contribution is 2.25. The van der Waals surface area contributed by atoms with Gasteiger partial charge < -0.3 is 14.0 Å². The van der Waals surface area contributed by atoms with Gasteiger partial charge in [0, 0.05) is 31.9 Å². The van der Waals surface area contributed by atoms with Crippen molar-refractivity contribution in [1.82, 2.24) is 19.8 Å². The monoisotopic (exact) mass is 389 g/mol. The summed E-state index contributed by atoms with van der Waals surface area (Å²) in [5.74, 6) is -0.565. The van der Waals surface area contributed by atoms with E-state index >= 15 is 0 Å². The molecule has 3 N–H and O–H groups in total. The fourth-order valence-corrected chi connectivity index (χ4v) is 4.12. The summed E-state index contributed by atoms with van der Waals surface area (Å²) < 4.78 is 17.3. The zero-order chi connectivity index (χ0) is 19.2. The molecule has 0 aliphatic carbocycles. The molecule has 1 aromatic carbocycles. The number of hydrogen-bond acceptors (Lipinski definition) is 6. The number of piperidine rings is 1. The number of hydrogen-bond donors (Lipinski definition) is 3. The van der Waals surface area contributed by atoms with Crippen LogP contribution in [0.5, 0.6) is 0 Å². The van der Waals surface area contributed by atoms with Crippen LogP contribution in [-0.4, -0.2) is 44.3 Å². The van der Waals surface area contributed by atoms with Crippen LogP contribution in [0.25, 0.3) is 6.08 Å². The maximum atomic E-state index is 12.4. The molecule has 2 aromatic rings. The number of rotatable bonds is 6. The summed E-state index contributed by atoms with van der Waals surface area (Å²) in [6, 6.07) is 7.96. The minimum Gasteiger partial charge on any atom is -0.592 e. The Bertz CT molecular complexity index is 802. The predicted molar refractivity (Wildman–Crippen MR) is 103 cm³/mol. The molecule has 1 atom stereocenters. The van der Waals surface area contributed by atoms with Gasteiger partial charge in [-0.2, -0.15) is 4.98 Å². The van der Waals surface area contributed by atoms with Crippen LogP contribution in [0.4, 0.5) is 5.69 Å². The molecule has 8 nitrogen and oxygen atoms in total. The van der Waals surface area contributed by atoms with Crippen LogP contribution in [0.15, 0.2) is 47.9 Å². The van der Waals surface area contributed by atoms with Gasteiger partial charge in [-0.1, -0.05) is 18.2 Å². The van der Waals surface area contributed by atoms with Gasteiger partial charge in [0.25, 0.3) is 10.9 Å². The number of anilines is 1. The Morgan fingerprint density at radius 3 is 2.78 bits per heavy atom. The summed E-state index contributed by atoms with van der Waals surface area (Å²) in [5, 5.41) is 9.16. The first-order chi connectivity index (χ1) is 13.1. The Morgan fingerprint density at radius 2 is 2.11 bits per heavy atom. The number of hydroxylamine groups is 1. The van der Waals surface area contributed by atoms with Gasteiger partial charge in [0.15, 0.2) is 0 Å². The van der Waals surface area contributed by atoms with Crippen molar-refractivity contribution in [2.45, 2.75) is 23.9 Å². The quantitative estimate of drug-likeness (QED) is 0.297. The van der Waals surface area contributed by atoms with E-state index in [1.165, 1.54) is 6.08 Å². The second-order valence-electron chi connectivity index (χ2n) is 6.39. The van der Waals surface area contributed by atoms with Gasteiger partial charge >= 0.3 is 0 Å². The molecular formula is C18H23N5O3S. The van der Waals surface area contributed by atoms with E-state index in [1.54, 1.807) is 28.6 Å². The summed E-state index contributed by atoms with van der Waals surface area (Å²) in [7, 11) is 1.85. The summed E-state index contributed by atoms with van der Waals surface area (Å²) in [6.07, 6.45) is 8.08. The Balaban J connectivity index is 1.59. The topological polar surface area (TPSA) is 105 Å². The molecule has 0 radical (unpaired) electrons. The lowest BCUT2D eigenvalue weighted by atomic mass is 10.0. The molecule has 27 heavy (non-hydrogen) atoms. The molecule has 1 amide bonds. The van der Waals surface area contributed by atoms with E-state index in [4.69, 9.17) is 5.21 Å². The highest BCUT2D eigenvalue weighted by molar-refractivity contribution is 7.89. The molecule has 1 aliphatic heterocycles. The Morgan fingerprint density at radius 1 is 1.37 bits per heavy atom. The van der Waals surface area contributed by atoms with Crippen LogP contribution in [0.1, 0.15) is 18.4 Å². The number of nitrogens with zero attached hydrogens (tertiary/aromatic N) is 3. The molecule has 1 aromatic heterocycles. The number of aryl methyl sites for hydroxylation is 1. The molecule has 1 unspecified atom stereocenters. The van der Waals surface area contributed by atoms with Crippen molar-refractivity contribution in [3.63, 3.8) is 0 Å². The summed E-state index contributed by atoms with van der Waals surface area (Å²) in [4.78, 5) is 17.6. The molecule has 0 bridgehead atoms. The SMILES string of the molecule is Cn1cnc([S+]([O-])NC2CCN(c3ccccc3/C=C/C(=O)NO)CC2)c1. The maximum Gasteiger partial charge on any atom is 0.283 e. The minimum atomic E-state index is -1.31. The number of nitrogens with one attached hydrogen (secondary N) is 2. The van der Waals surface area contributed by atoms with Crippen molar-refractivity contribution in [3.8, 4) is 0 Å². The van der Waals surface area contributed by atoms with Crippen molar-refractivity contribution >= 4 is 29.0 Å². The fourth-order valence-electron chi connectivity index (χ4n) is 3.05. The maximum absolute atomic E-state index is 12.4. The Kier molecular flexibility index (Phi) is 6.51.